The molecule has 0 saturated heterocycles. The van der Waals surface area contributed by atoms with Crippen LogP contribution in [0.2, 0.25) is 0 Å². The van der Waals surface area contributed by atoms with E-state index in [2.05, 4.69) is 91.0 Å². The predicted octanol–water partition coefficient (Wildman–Crippen LogP) is 3.86. The average molecular weight is 430 g/mol. The van der Waals surface area contributed by atoms with Crippen LogP contribution in [0.3, 0.4) is 0 Å². The summed E-state index contributed by atoms with van der Waals surface area (Å²) >= 11 is -0.340. The Morgan fingerprint density at radius 3 is 1.13 bits per heavy atom. The minimum absolute atomic E-state index is 0.340. The topological polar surface area (TPSA) is 17.1 Å². The van der Waals surface area contributed by atoms with E-state index < -0.39 is 7.92 Å². The van der Waals surface area contributed by atoms with E-state index in [0.29, 0.717) is 4.88 Å². The second-order valence-corrected chi connectivity index (χ2v) is 8.32. The van der Waals surface area contributed by atoms with Gasteiger partial charge in [0.2, 0.25) is 0 Å². The van der Waals surface area contributed by atoms with Crippen molar-refractivity contribution in [1.29, 1.82) is 0 Å². The van der Waals surface area contributed by atoms with Crippen molar-refractivity contribution < 1.29 is 20.9 Å². The minimum Gasteiger partial charge on any atom is -0.0622 e. The molecule has 0 atom stereocenters. The summed E-state index contributed by atoms with van der Waals surface area (Å²) in [5, 5.41) is 4.19. The van der Waals surface area contributed by atoms with Gasteiger partial charge in [-0.3, -0.25) is 0 Å². The van der Waals surface area contributed by atoms with Gasteiger partial charge in [0.15, 0.2) is 0 Å². The molecule has 0 aromatic heterocycles. The van der Waals surface area contributed by atoms with E-state index in [1.165, 1.54) is 15.9 Å². The van der Waals surface area contributed by atoms with Crippen molar-refractivity contribution in [2.45, 2.75) is 0 Å². The van der Waals surface area contributed by atoms with Crippen LogP contribution in [0.25, 0.3) is 0 Å². The van der Waals surface area contributed by atoms with Crippen molar-refractivity contribution >= 4 is 38.4 Å². The Labute approximate surface area is 150 Å². The zero-order valence-corrected chi connectivity index (χ0v) is 15.6. The average Bonchev–Trinajstić information content (AvgIpc) is 2.65. The molecule has 4 heteroatoms. The second kappa shape index (κ2) is 10.4. The summed E-state index contributed by atoms with van der Waals surface area (Å²) in [5.41, 5.74) is 0. The van der Waals surface area contributed by atoms with Crippen LogP contribution in [0.15, 0.2) is 91.0 Å². The van der Waals surface area contributed by atoms with E-state index in [1.807, 2.05) is 0 Å². The number of hydrogen-bond acceptors (Lipinski definition) is 1. The summed E-state index contributed by atoms with van der Waals surface area (Å²) in [5.74, 6) is 0. The molecular weight excluding hydrogens is 414 g/mol. The zero-order chi connectivity index (χ0) is 16.3. The van der Waals surface area contributed by atoms with Gasteiger partial charge in [-0.2, -0.15) is 0 Å². The summed E-state index contributed by atoms with van der Waals surface area (Å²) in [6, 6.07) is 32.3. The van der Waals surface area contributed by atoms with Gasteiger partial charge in [0, 0.05) is 0 Å². The SMILES string of the molecule is O=[CH][Rh][Cl].c1ccc(P(c2ccccc2)c2ccccc2)cc1. The Kier molecular flexibility index (Phi) is 8.19. The molecule has 0 radical (unpaired) electrons. The molecule has 0 amide bonds. The molecule has 23 heavy (non-hydrogen) atoms. The van der Waals surface area contributed by atoms with Gasteiger partial charge < -0.3 is 0 Å². The fourth-order valence-corrected chi connectivity index (χ4v) is 4.48. The van der Waals surface area contributed by atoms with Crippen molar-refractivity contribution in [3.8, 4) is 0 Å². The van der Waals surface area contributed by atoms with Gasteiger partial charge in [-0.1, -0.05) is 91.0 Å². The summed E-state index contributed by atoms with van der Waals surface area (Å²) in [7, 11) is 4.44. The van der Waals surface area contributed by atoms with E-state index in [4.69, 9.17) is 14.5 Å². The molecule has 0 heterocycles. The molecule has 3 aromatic carbocycles. The number of carbonyl (C=O) groups excluding carboxylic acids is 1. The molecule has 119 valence electrons. The third kappa shape index (κ3) is 5.66. The Bertz CT molecular complexity index is 598. The third-order valence-corrected chi connectivity index (χ3v) is 6.01. The van der Waals surface area contributed by atoms with Crippen molar-refractivity contribution in [2.75, 3.05) is 0 Å². The molecule has 0 saturated carbocycles. The van der Waals surface area contributed by atoms with Crippen molar-refractivity contribution in [2.24, 2.45) is 0 Å². The van der Waals surface area contributed by atoms with Gasteiger partial charge in [0.05, 0.1) is 0 Å². The zero-order valence-electron chi connectivity index (χ0n) is 12.3. The van der Waals surface area contributed by atoms with Crippen LogP contribution in [0.5, 0.6) is 0 Å². The van der Waals surface area contributed by atoms with E-state index >= 15 is 0 Å². The minimum atomic E-state index is -0.446. The first kappa shape index (κ1) is 18.0. The van der Waals surface area contributed by atoms with E-state index in [0.717, 1.165) is 0 Å². The van der Waals surface area contributed by atoms with E-state index in [9.17, 15) is 0 Å². The third-order valence-electron chi connectivity index (χ3n) is 3.07. The fourth-order valence-electron chi connectivity index (χ4n) is 2.18. The van der Waals surface area contributed by atoms with Crippen molar-refractivity contribution in [3.63, 3.8) is 0 Å². The quantitative estimate of drug-likeness (QED) is 0.350. The monoisotopic (exact) mass is 429 g/mol. The normalized spacial score (nSPS) is 10.0. The Balaban J connectivity index is 0.000000433. The van der Waals surface area contributed by atoms with Gasteiger partial charge in [-0.15, -0.1) is 0 Å². The predicted molar refractivity (Wildman–Crippen MR) is 97.8 cm³/mol. The van der Waals surface area contributed by atoms with Gasteiger partial charge >= 0.3 is 35.5 Å². The van der Waals surface area contributed by atoms with E-state index in [1.54, 1.807) is 0 Å². The molecule has 3 rings (SSSR count). The van der Waals surface area contributed by atoms with Crippen LogP contribution in [-0.2, 0) is 20.9 Å². The van der Waals surface area contributed by atoms with Crippen molar-refractivity contribution in [3.05, 3.63) is 91.0 Å². The maximum atomic E-state index is 9.07. The fraction of sp³-hybridized carbons (Fsp3) is 0. The van der Waals surface area contributed by atoms with Crippen LogP contribution < -0.4 is 15.9 Å². The molecule has 0 aliphatic carbocycles. The summed E-state index contributed by atoms with van der Waals surface area (Å²) in [6.45, 7) is 0. The molecule has 0 N–H and O–H groups in total. The molecule has 0 aliphatic rings. The van der Waals surface area contributed by atoms with Gasteiger partial charge in [-0.25, -0.2) is 0 Å². The molecule has 0 fully saturated rings. The largest absolute Gasteiger partial charge is 0.0622 e. The summed E-state index contributed by atoms with van der Waals surface area (Å²) < 4.78 is 0. The first-order valence-electron chi connectivity index (χ1n) is 6.96. The van der Waals surface area contributed by atoms with Crippen LogP contribution in [0, 0.1) is 0 Å². The smallest absolute Gasteiger partial charge is 0.0134 e. The molecular formula is C19H16ClOPRh. The maximum Gasteiger partial charge on any atom is -0.0134 e. The van der Waals surface area contributed by atoms with Crippen LogP contribution in [0.1, 0.15) is 0 Å². The number of rotatable bonds is 4. The first-order valence-corrected chi connectivity index (χ1v) is 11.4. The number of benzene rings is 3. The maximum absolute atomic E-state index is 9.07. The number of hydrogen-bond donors (Lipinski definition) is 0. The molecule has 3 aromatic rings. The number of carbonyl (C=O) groups is 1. The first-order chi connectivity index (χ1) is 11.4. The van der Waals surface area contributed by atoms with Crippen LogP contribution in [-0.4, -0.2) is 4.88 Å². The van der Waals surface area contributed by atoms with Crippen molar-refractivity contribution in [1.82, 2.24) is 0 Å². The molecule has 0 spiro atoms. The Hall–Kier alpha value is -1.33. The number of halogens is 1. The summed E-state index contributed by atoms with van der Waals surface area (Å²) in [6.07, 6.45) is 0. The van der Waals surface area contributed by atoms with Gasteiger partial charge in [-0.05, 0) is 23.8 Å². The van der Waals surface area contributed by atoms with Crippen LogP contribution >= 0.6 is 17.6 Å². The summed E-state index contributed by atoms with van der Waals surface area (Å²) in [4.78, 5) is 9.78. The molecule has 0 unspecified atom stereocenters. The molecule has 0 aliphatic heterocycles. The molecule has 1 nitrogen and oxygen atoms in total. The van der Waals surface area contributed by atoms with Gasteiger partial charge in [0.1, 0.15) is 0 Å². The Morgan fingerprint density at radius 2 is 0.913 bits per heavy atom. The standard InChI is InChI=1S/C18H15P.CHO.ClH.Rh/c1-4-10-16(11-5-1)19(17-12-6-2-7-13-17)18-14-8-3-9-15-18;1-2;;/h1-15H;1H;1H;/q;;;+1/p-1. The van der Waals surface area contributed by atoms with Gasteiger partial charge in [0.25, 0.3) is 0 Å². The van der Waals surface area contributed by atoms with E-state index in [-0.39, 0.29) is 16.1 Å². The van der Waals surface area contributed by atoms with Crippen LogP contribution in [0.4, 0.5) is 0 Å². The second-order valence-electron chi connectivity index (χ2n) is 4.49. The molecule has 0 bridgehead atoms. The Morgan fingerprint density at radius 1 is 0.652 bits per heavy atom.